The average Bonchev–Trinajstić information content (AvgIpc) is 3.29. The van der Waals surface area contributed by atoms with Crippen LogP contribution in [-0.2, 0) is 6.54 Å². The van der Waals surface area contributed by atoms with E-state index in [0.29, 0.717) is 23.7 Å². The summed E-state index contributed by atoms with van der Waals surface area (Å²) < 4.78 is 0. The minimum atomic E-state index is 0.00633. The van der Waals surface area contributed by atoms with Gasteiger partial charge < -0.3 is 10.3 Å². The van der Waals surface area contributed by atoms with Gasteiger partial charge in [0.05, 0.1) is 5.69 Å². The van der Waals surface area contributed by atoms with Crippen molar-refractivity contribution in [1.29, 1.82) is 0 Å². The number of fused-ring (bicyclic) bond motifs is 4. The topological polar surface area (TPSA) is 64.3 Å². The van der Waals surface area contributed by atoms with E-state index in [0.717, 1.165) is 31.2 Å². The zero-order valence-electron chi connectivity index (χ0n) is 17.0. The molecule has 2 N–H and O–H groups in total. The number of aromatic amines is 1. The number of nitrogens with zero attached hydrogens (tertiary/aromatic N) is 3. The van der Waals surface area contributed by atoms with Gasteiger partial charge in [0.15, 0.2) is 0 Å². The first-order valence-electron chi connectivity index (χ1n) is 11.1. The Morgan fingerprint density at radius 1 is 1.17 bits per heavy atom. The van der Waals surface area contributed by atoms with Gasteiger partial charge in [-0.25, -0.2) is 0 Å². The molecule has 154 valence electrons. The van der Waals surface area contributed by atoms with E-state index < -0.39 is 0 Å². The van der Waals surface area contributed by atoms with Gasteiger partial charge in [-0.2, -0.15) is 0 Å². The molecule has 2 aromatic heterocycles. The molecule has 3 aliphatic rings. The number of aromatic nitrogens is 2. The smallest absolute Gasteiger partial charge is 0.267 e. The molecule has 0 spiro atoms. The maximum atomic E-state index is 12.5. The van der Waals surface area contributed by atoms with Crippen LogP contribution in [0.1, 0.15) is 41.9 Å². The van der Waals surface area contributed by atoms with Crippen molar-refractivity contribution < 1.29 is 4.79 Å². The van der Waals surface area contributed by atoms with E-state index in [1.807, 2.05) is 24.4 Å². The summed E-state index contributed by atoms with van der Waals surface area (Å²) >= 11 is 0. The molecular formula is C23H31N5O. The molecule has 1 amide bonds. The molecule has 4 atom stereocenters. The van der Waals surface area contributed by atoms with E-state index in [1.165, 1.54) is 38.8 Å². The van der Waals surface area contributed by atoms with Crippen LogP contribution in [-0.4, -0.2) is 63.9 Å². The zero-order chi connectivity index (χ0) is 19.6. The van der Waals surface area contributed by atoms with Gasteiger partial charge in [0, 0.05) is 50.7 Å². The molecule has 0 radical (unpaired) electrons. The largest absolute Gasteiger partial charge is 0.357 e. The minimum Gasteiger partial charge on any atom is -0.357 e. The highest BCUT2D eigenvalue weighted by atomic mass is 16.1. The highest BCUT2D eigenvalue weighted by molar-refractivity contribution is 5.92. The molecule has 5 heterocycles. The lowest BCUT2D eigenvalue weighted by Gasteiger charge is -2.56. The summed E-state index contributed by atoms with van der Waals surface area (Å²) in [7, 11) is 0. The van der Waals surface area contributed by atoms with Gasteiger partial charge >= 0.3 is 0 Å². The first-order valence-corrected chi connectivity index (χ1v) is 11.1. The predicted octanol–water partition coefficient (Wildman–Crippen LogP) is 2.51. The molecule has 0 aromatic carbocycles. The minimum absolute atomic E-state index is 0.00633. The summed E-state index contributed by atoms with van der Waals surface area (Å²) in [5, 5.41) is 3.21. The molecule has 5 rings (SSSR count). The normalized spacial score (nSPS) is 29.9. The Kier molecular flexibility index (Phi) is 5.38. The third-order valence-corrected chi connectivity index (χ3v) is 7.12. The number of H-pyrrole nitrogens is 1. The van der Waals surface area contributed by atoms with E-state index in [2.05, 4.69) is 37.2 Å². The Hall–Kier alpha value is -2.18. The molecule has 0 unspecified atom stereocenters. The van der Waals surface area contributed by atoms with Gasteiger partial charge in [-0.05, 0) is 61.9 Å². The maximum absolute atomic E-state index is 12.5. The quantitative estimate of drug-likeness (QED) is 0.819. The molecular weight excluding hydrogens is 362 g/mol. The summed E-state index contributed by atoms with van der Waals surface area (Å²) in [5.41, 5.74) is 1.80. The summed E-state index contributed by atoms with van der Waals surface area (Å²) in [6, 6.07) is 11.0. The Bertz CT molecular complexity index is 808. The monoisotopic (exact) mass is 393 g/mol. The van der Waals surface area contributed by atoms with E-state index in [-0.39, 0.29) is 5.91 Å². The molecule has 3 fully saturated rings. The fourth-order valence-electron chi connectivity index (χ4n) is 5.90. The van der Waals surface area contributed by atoms with Gasteiger partial charge in [0.25, 0.3) is 5.91 Å². The van der Waals surface area contributed by atoms with Crippen LogP contribution in [0.15, 0.2) is 42.7 Å². The molecule has 29 heavy (non-hydrogen) atoms. The van der Waals surface area contributed by atoms with Crippen LogP contribution >= 0.6 is 0 Å². The number of carbonyl (C=O) groups excluding carboxylic acids is 1. The van der Waals surface area contributed by atoms with Crippen LogP contribution < -0.4 is 5.32 Å². The van der Waals surface area contributed by atoms with E-state index in [9.17, 15) is 4.79 Å². The molecule has 6 heteroatoms. The Morgan fingerprint density at radius 2 is 2.10 bits per heavy atom. The van der Waals surface area contributed by atoms with Crippen molar-refractivity contribution >= 4 is 5.91 Å². The first-order chi connectivity index (χ1) is 14.3. The van der Waals surface area contributed by atoms with Crippen molar-refractivity contribution in [2.45, 2.75) is 44.3 Å². The number of hydrogen-bond donors (Lipinski definition) is 2. The number of nitrogens with one attached hydrogen (secondary N) is 2. The Morgan fingerprint density at radius 3 is 2.93 bits per heavy atom. The fourth-order valence-corrected chi connectivity index (χ4v) is 5.90. The van der Waals surface area contributed by atoms with Crippen LogP contribution in [0.3, 0.4) is 0 Å². The third-order valence-electron chi connectivity index (χ3n) is 7.12. The van der Waals surface area contributed by atoms with Crippen LogP contribution in [0, 0.1) is 11.8 Å². The summed E-state index contributed by atoms with van der Waals surface area (Å²) in [6.45, 7) is 5.13. The van der Waals surface area contributed by atoms with Crippen LogP contribution in [0.25, 0.3) is 0 Å². The second kappa shape index (κ2) is 8.28. The second-order valence-electron chi connectivity index (χ2n) is 8.93. The van der Waals surface area contributed by atoms with Crippen LogP contribution in [0.4, 0.5) is 0 Å². The molecule has 3 saturated heterocycles. The number of piperidine rings is 3. The lowest BCUT2D eigenvalue weighted by atomic mass is 9.72. The summed E-state index contributed by atoms with van der Waals surface area (Å²) in [4.78, 5) is 25.4. The molecule has 2 aromatic rings. The fraction of sp³-hybridized carbons (Fsp3) is 0.565. The van der Waals surface area contributed by atoms with Crippen molar-refractivity contribution in [3.63, 3.8) is 0 Å². The van der Waals surface area contributed by atoms with Crippen molar-refractivity contribution in [3.05, 3.63) is 54.1 Å². The molecule has 3 aliphatic heterocycles. The van der Waals surface area contributed by atoms with E-state index in [1.54, 1.807) is 6.20 Å². The van der Waals surface area contributed by atoms with Crippen molar-refractivity contribution in [3.8, 4) is 0 Å². The average molecular weight is 394 g/mol. The lowest BCUT2D eigenvalue weighted by molar-refractivity contribution is -0.0719. The van der Waals surface area contributed by atoms with E-state index >= 15 is 0 Å². The maximum Gasteiger partial charge on any atom is 0.267 e. The lowest BCUT2D eigenvalue weighted by Crippen LogP contribution is -2.65. The zero-order valence-corrected chi connectivity index (χ0v) is 17.0. The molecule has 6 nitrogen and oxygen atoms in total. The summed E-state index contributed by atoms with van der Waals surface area (Å²) in [6.07, 6.45) is 8.91. The number of rotatable bonds is 5. The number of carbonyl (C=O) groups is 1. The second-order valence-corrected chi connectivity index (χ2v) is 8.93. The first kappa shape index (κ1) is 18.8. The Balaban J connectivity index is 1.30. The third kappa shape index (κ3) is 3.96. The highest BCUT2D eigenvalue weighted by Gasteiger charge is 2.47. The van der Waals surface area contributed by atoms with E-state index in [4.69, 9.17) is 0 Å². The van der Waals surface area contributed by atoms with Crippen LogP contribution in [0.5, 0.6) is 0 Å². The number of likely N-dealkylation sites (tertiary alicyclic amines) is 1. The highest BCUT2D eigenvalue weighted by Crippen LogP contribution is 2.41. The van der Waals surface area contributed by atoms with Gasteiger partial charge in [-0.15, -0.1) is 0 Å². The molecule has 0 aliphatic carbocycles. The van der Waals surface area contributed by atoms with Gasteiger partial charge in [0.1, 0.15) is 5.69 Å². The summed E-state index contributed by atoms with van der Waals surface area (Å²) in [5.74, 6) is 1.36. The van der Waals surface area contributed by atoms with Gasteiger partial charge in [0.2, 0.25) is 0 Å². The predicted molar refractivity (Wildman–Crippen MR) is 112 cm³/mol. The van der Waals surface area contributed by atoms with Crippen molar-refractivity contribution in [2.75, 3.05) is 26.2 Å². The SMILES string of the molecule is O=C(NC[C@H]1[C@H]2C[C@H](CN(Cc3ccccn3)C2)[C@@H]2CCCCN21)c1ccc[nH]1. The number of hydrogen-bond acceptors (Lipinski definition) is 4. The number of amides is 1. The van der Waals surface area contributed by atoms with Crippen LogP contribution in [0.2, 0.25) is 0 Å². The Labute approximate surface area is 172 Å². The van der Waals surface area contributed by atoms with Crippen molar-refractivity contribution in [1.82, 2.24) is 25.1 Å². The number of pyridine rings is 1. The molecule has 2 bridgehead atoms. The van der Waals surface area contributed by atoms with Crippen molar-refractivity contribution in [2.24, 2.45) is 11.8 Å². The standard InChI is InChI=1S/C23H31N5O/c29-23(20-7-5-10-25-20)26-13-22-18-12-17(21-8-2-4-11-28(21)22)14-27(15-18)16-19-6-1-3-9-24-19/h1,3,5-7,9-10,17-18,21-22,25H,2,4,8,11-16H2,(H,26,29)/t17-,18+,21+,22+/m1/s1. The van der Waals surface area contributed by atoms with Gasteiger partial charge in [-0.1, -0.05) is 12.5 Å². The van der Waals surface area contributed by atoms with Gasteiger partial charge in [-0.3, -0.25) is 19.6 Å². The molecule has 0 saturated carbocycles.